The Hall–Kier alpha value is -2.59. The first kappa shape index (κ1) is 22.7. The van der Waals surface area contributed by atoms with E-state index in [4.69, 9.17) is 0 Å². The zero-order chi connectivity index (χ0) is 21.7. The minimum atomic E-state index is -4.87. The summed E-state index contributed by atoms with van der Waals surface area (Å²) in [5.74, 6) is -0.967. The number of sulfonamides is 1. The fourth-order valence-corrected chi connectivity index (χ4v) is 3.48. The maximum atomic E-state index is 12.5. The quantitative estimate of drug-likeness (QED) is 0.697. The molecule has 1 N–H and O–H groups in total. The molecule has 0 aliphatic heterocycles. The Bertz CT molecular complexity index is 915. The van der Waals surface area contributed by atoms with Crippen LogP contribution < -0.4 is 9.46 Å². The third-order valence-electron chi connectivity index (χ3n) is 3.92. The molecule has 0 spiro atoms. The van der Waals surface area contributed by atoms with E-state index in [1.54, 1.807) is 0 Å². The summed E-state index contributed by atoms with van der Waals surface area (Å²) in [4.78, 5) is 13.8. The zero-order valence-electron chi connectivity index (χ0n) is 15.8. The predicted octanol–water partition coefficient (Wildman–Crippen LogP) is 3.30. The van der Waals surface area contributed by atoms with Crippen molar-refractivity contribution in [3.63, 3.8) is 0 Å². The Morgan fingerprint density at radius 3 is 2.17 bits per heavy atom. The summed E-state index contributed by atoms with van der Waals surface area (Å²) in [6.45, 7) is 3.47. The van der Waals surface area contributed by atoms with Gasteiger partial charge in [-0.1, -0.05) is 30.3 Å². The van der Waals surface area contributed by atoms with Crippen molar-refractivity contribution in [3.05, 3.63) is 60.2 Å². The van der Waals surface area contributed by atoms with Crippen LogP contribution in [0.4, 0.5) is 13.2 Å². The molecule has 0 heterocycles. The van der Waals surface area contributed by atoms with Crippen LogP contribution in [0.25, 0.3) is 0 Å². The lowest BCUT2D eigenvalue weighted by Gasteiger charge is -2.27. The Morgan fingerprint density at radius 1 is 1.07 bits per heavy atom. The van der Waals surface area contributed by atoms with Gasteiger partial charge in [0, 0.05) is 12.6 Å². The molecule has 0 saturated heterocycles. The predicted molar refractivity (Wildman–Crippen MR) is 100 cm³/mol. The van der Waals surface area contributed by atoms with Gasteiger partial charge in [0.05, 0.1) is 11.4 Å². The molecule has 1 amide bonds. The summed E-state index contributed by atoms with van der Waals surface area (Å²) in [5, 5.41) is 0. The van der Waals surface area contributed by atoms with Crippen molar-refractivity contribution in [1.29, 1.82) is 0 Å². The van der Waals surface area contributed by atoms with Gasteiger partial charge in [-0.05, 0) is 43.7 Å². The highest BCUT2D eigenvalue weighted by molar-refractivity contribution is 7.89. The topological polar surface area (TPSA) is 75.7 Å². The van der Waals surface area contributed by atoms with E-state index in [-0.39, 0.29) is 10.9 Å². The van der Waals surface area contributed by atoms with Gasteiger partial charge in [0.15, 0.2) is 0 Å². The van der Waals surface area contributed by atoms with Gasteiger partial charge in [0.25, 0.3) is 0 Å². The summed E-state index contributed by atoms with van der Waals surface area (Å²) in [5.41, 5.74) is 0.901. The minimum Gasteiger partial charge on any atom is -0.406 e. The second kappa shape index (κ2) is 9.27. The van der Waals surface area contributed by atoms with Crippen LogP contribution in [0.3, 0.4) is 0 Å². The van der Waals surface area contributed by atoms with Crippen molar-refractivity contribution in [3.8, 4) is 5.75 Å². The number of ether oxygens (including phenoxy) is 1. The van der Waals surface area contributed by atoms with Crippen LogP contribution in [0.5, 0.6) is 5.75 Å². The molecule has 10 heteroatoms. The Kier molecular flexibility index (Phi) is 7.26. The number of rotatable bonds is 8. The molecule has 0 aliphatic carbocycles. The first-order valence-corrected chi connectivity index (χ1v) is 10.1. The van der Waals surface area contributed by atoms with Gasteiger partial charge in [-0.2, -0.15) is 0 Å². The SMILES string of the molecule is CC(C)N(Cc1ccccc1)C(=O)CNS(=O)(=O)c1ccc(OC(F)(F)F)cc1. The first-order valence-electron chi connectivity index (χ1n) is 8.67. The molecule has 29 heavy (non-hydrogen) atoms. The fourth-order valence-electron chi connectivity index (χ4n) is 2.50. The maximum absolute atomic E-state index is 12.5. The van der Waals surface area contributed by atoms with Gasteiger partial charge < -0.3 is 9.64 Å². The molecular formula is C19H21F3N2O4S. The molecular weight excluding hydrogens is 409 g/mol. The van der Waals surface area contributed by atoms with Crippen LogP contribution in [0.2, 0.25) is 0 Å². The Labute approximate surface area is 167 Å². The number of halogens is 3. The van der Waals surface area contributed by atoms with Crippen LogP contribution >= 0.6 is 0 Å². The fraction of sp³-hybridized carbons (Fsp3) is 0.316. The molecule has 0 atom stereocenters. The molecule has 0 saturated carbocycles. The molecule has 0 unspecified atom stereocenters. The van der Waals surface area contributed by atoms with E-state index >= 15 is 0 Å². The van der Waals surface area contributed by atoms with Crippen LogP contribution in [0.1, 0.15) is 19.4 Å². The van der Waals surface area contributed by atoms with E-state index in [0.717, 1.165) is 29.8 Å². The lowest BCUT2D eigenvalue weighted by Crippen LogP contribution is -2.43. The van der Waals surface area contributed by atoms with E-state index in [1.165, 1.54) is 4.90 Å². The number of amides is 1. The molecule has 0 aromatic heterocycles. The van der Waals surface area contributed by atoms with Gasteiger partial charge >= 0.3 is 6.36 Å². The van der Waals surface area contributed by atoms with Gasteiger partial charge in [0.1, 0.15) is 5.75 Å². The third-order valence-corrected chi connectivity index (χ3v) is 5.34. The molecule has 0 bridgehead atoms. The first-order chi connectivity index (χ1) is 13.5. The lowest BCUT2D eigenvalue weighted by molar-refractivity contribution is -0.274. The van der Waals surface area contributed by atoms with Crippen molar-refractivity contribution in [2.75, 3.05) is 6.54 Å². The van der Waals surface area contributed by atoms with E-state index in [9.17, 15) is 26.4 Å². The average Bonchev–Trinajstić information content (AvgIpc) is 2.64. The molecule has 2 rings (SSSR count). The van der Waals surface area contributed by atoms with Crippen LogP contribution in [0.15, 0.2) is 59.5 Å². The number of hydrogen-bond acceptors (Lipinski definition) is 4. The summed E-state index contributed by atoms with van der Waals surface area (Å²) in [7, 11) is -4.08. The number of nitrogens with zero attached hydrogens (tertiary/aromatic N) is 1. The monoisotopic (exact) mass is 430 g/mol. The van der Waals surface area contributed by atoms with Gasteiger partial charge in [-0.3, -0.25) is 4.79 Å². The van der Waals surface area contributed by atoms with Crippen molar-refractivity contribution in [2.24, 2.45) is 0 Å². The van der Waals surface area contributed by atoms with Gasteiger partial charge in [0.2, 0.25) is 15.9 Å². The molecule has 158 valence electrons. The molecule has 0 radical (unpaired) electrons. The van der Waals surface area contributed by atoms with Crippen molar-refractivity contribution >= 4 is 15.9 Å². The summed E-state index contributed by atoms with van der Waals surface area (Å²) in [6, 6.07) is 12.8. The van der Waals surface area contributed by atoms with E-state index in [2.05, 4.69) is 9.46 Å². The summed E-state index contributed by atoms with van der Waals surface area (Å²) >= 11 is 0. The van der Waals surface area contributed by atoms with Crippen LogP contribution in [-0.4, -0.2) is 38.2 Å². The van der Waals surface area contributed by atoms with Crippen LogP contribution in [0, 0.1) is 0 Å². The highest BCUT2D eigenvalue weighted by atomic mass is 32.2. The zero-order valence-corrected chi connectivity index (χ0v) is 16.6. The molecule has 6 nitrogen and oxygen atoms in total. The van der Waals surface area contributed by atoms with E-state index < -0.39 is 34.6 Å². The standard InChI is InChI=1S/C19H21F3N2O4S/c1-14(2)24(13-15-6-4-3-5-7-15)18(25)12-23-29(26,27)17-10-8-16(9-11-17)28-19(20,21)22/h3-11,14,23H,12-13H2,1-2H3. The number of benzene rings is 2. The van der Waals surface area contributed by atoms with Crippen molar-refractivity contribution < 1.29 is 31.1 Å². The number of alkyl halides is 3. The number of carbonyl (C=O) groups is 1. The number of carbonyl (C=O) groups excluding carboxylic acids is 1. The van der Waals surface area contributed by atoms with Crippen molar-refractivity contribution in [1.82, 2.24) is 9.62 Å². The lowest BCUT2D eigenvalue weighted by atomic mass is 10.2. The van der Waals surface area contributed by atoms with Crippen LogP contribution in [-0.2, 0) is 21.4 Å². The normalized spacial score (nSPS) is 12.1. The second-order valence-electron chi connectivity index (χ2n) is 6.44. The van der Waals surface area contributed by atoms with Gasteiger partial charge in [-0.15, -0.1) is 13.2 Å². The molecule has 2 aromatic rings. The Balaban J connectivity index is 2.03. The average molecular weight is 430 g/mol. The smallest absolute Gasteiger partial charge is 0.406 e. The highest BCUT2D eigenvalue weighted by Crippen LogP contribution is 2.23. The molecule has 0 fully saturated rings. The third kappa shape index (κ3) is 7.06. The largest absolute Gasteiger partial charge is 0.573 e. The summed E-state index contributed by atoms with van der Waals surface area (Å²) in [6.07, 6.45) is -4.87. The molecule has 2 aromatic carbocycles. The van der Waals surface area contributed by atoms with E-state index in [0.29, 0.717) is 6.54 Å². The van der Waals surface area contributed by atoms with E-state index in [1.807, 2.05) is 44.2 Å². The highest BCUT2D eigenvalue weighted by Gasteiger charge is 2.31. The van der Waals surface area contributed by atoms with Gasteiger partial charge in [-0.25, -0.2) is 13.1 Å². The Morgan fingerprint density at radius 2 is 1.66 bits per heavy atom. The maximum Gasteiger partial charge on any atom is 0.573 e. The number of nitrogens with one attached hydrogen (secondary N) is 1. The minimum absolute atomic E-state index is 0.161. The number of hydrogen-bond donors (Lipinski definition) is 1. The van der Waals surface area contributed by atoms with Crippen molar-refractivity contribution in [2.45, 2.75) is 37.7 Å². The summed E-state index contributed by atoms with van der Waals surface area (Å²) < 4.78 is 67.1. The molecule has 0 aliphatic rings. The second-order valence-corrected chi connectivity index (χ2v) is 8.21.